The molecule has 2 aliphatic rings. The Labute approximate surface area is 78.9 Å². The summed E-state index contributed by atoms with van der Waals surface area (Å²) in [5.41, 5.74) is 0.279. The van der Waals surface area contributed by atoms with Crippen LogP contribution >= 0.6 is 0 Å². The van der Waals surface area contributed by atoms with E-state index >= 15 is 0 Å². The van der Waals surface area contributed by atoms with Crippen LogP contribution in [0.15, 0.2) is 0 Å². The van der Waals surface area contributed by atoms with Gasteiger partial charge in [-0.25, -0.2) is 13.6 Å². The van der Waals surface area contributed by atoms with E-state index in [0.29, 0.717) is 0 Å². The van der Waals surface area contributed by atoms with Crippen molar-refractivity contribution in [1.29, 1.82) is 0 Å². The standard InChI is InChI=1S/C8H16N2O2S/c9-13(11,12)7-1-3-8(4-2-7)5-6-10-8/h7,10H,1-6H2,(H2,9,11,12). The molecule has 4 nitrogen and oxygen atoms in total. The van der Waals surface area contributed by atoms with Gasteiger partial charge in [0.1, 0.15) is 0 Å². The molecule has 76 valence electrons. The summed E-state index contributed by atoms with van der Waals surface area (Å²) < 4.78 is 22.1. The van der Waals surface area contributed by atoms with Crippen molar-refractivity contribution in [2.75, 3.05) is 6.54 Å². The molecule has 0 atom stereocenters. The lowest BCUT2D eigenvalue weighted by Crippen LogP contribution is -2.59. The van der Waals surface area contributed by atoms with Gasteiger partial charge in [0.2, 0.25) is 10.0 Å². The summed E-state index contributed by atoms with van der Waals surface area (Å²) >= 11 is 0. The van der Waals surface area contributed by atoms with E-state index in [0.717, 1.165) is 32.2 Å². The molecule has 3 N–H and O–H groups in total. The van der Waals surface area contributed by atoms with Crippen LogP contribution in [0.5, 0.6) is 0 Å². The lowest BCUT2D eigenvalue weighted by atomic mass is 9.75. The normalized spacial score (nSPS) is 40.2. The van der Waals surface area contributed by atoms with Crippen molar-refractivity contribution in [3.8, 4) is 0 Å². The number of rotatable bonds is 1. The summed E-state index contributed by atoms with van der Waals surface area (Å²) in [6.07, 6.45) is 4.59. The second-order valence-electron chi connectivity index (χ2n) is 4.25. The molecule has 1 heterocycles. The summed E-state index contributed by atoms with van der Waals surface area (Å²) in [4.78, 5) is 0. The number of primary sulfonamides is 1. The third-order valence-corrected chi connectivity index (χ3v) is 4.86. The SMILES string of the molecule is NS(=O)(=O)C1CCC2(CCN2)CC1. The minimum absolute atomic E-state index is 0.279. The van der Waals surface area contributed by atoms with Crippen LogP contribution < -0.4 is 10.5 Å². The van der Waals surface area contributed by atoms with Gasteiger partial charge in [0, 0.05) is 5.54 Å². The molecule has 0 unspecified atom stereocenters. The summed E-state index contributed by atoms with van der Waals surface area (Å²) in [5.74, 6) is 0. The number of hydrogen-bond donors (Lipinski definition) is 2. The minimum Gasteiger partial charge on any atom is -0.311 e. The maximum absolute atomic E-state index is 11.1. The van der Waals surface area contributed by atoms with Crippen LogP contribution in [0, 0.1) is 0 Å². The van der Waals surface area contributed by atoms with Crippen molar-refractivity contribution in [3.05, 3.63) is 0 Å². The van der Waals surface area contributed by atoms with Gasteiger partial charge in [-0.15, -0.1) is 0 Å². The zero-order valence-electron chi connectivity index (χ0n) is 7.62. The van der Waals surface area contributed by atoms with Gasteiger partial charge >= 0.3 is 0 Å². The van der Waals surface area contributed by atoms with Crippen molar-refractivity contribution in [1.82, 2.24) is 5.32 Å². The molecule has 1 saturated heterocycles. The van der Waals surface area contributed by atoms with E-state index in [1.165, 1.54) is 6.42 Å². The topological polar surface area (TPSA) is 72.2 Å². The highest BCUT2D eigenvalue weighted by Gasteiger charge is 2.41. The first-order valence-corrected chi connectivity index (χ1v) is 6.39. The summed E-state index contributed by atoms with van der Waals surface area (Å²) in [7, 11) is -3.29. The molecule has 2 fully saturated rings. The van der Waals surface area contributed by atoms with Crippen molar-refractivity contribution in [2.24, 2.45) is 5.14 Å². The molecule has 0 aromatic heterocycles. The van der Waals surface area contributed by atoms with E-state index in [4.69, 9.17) is 5.14 Å². The predicted octanol–water partition coefficient (Wildman–Crippen LogP) is -0.0504. The van der Waals surface area contributed by atoms with Crippen molar-refractivity contribution in [3.63, 3.8) is 0 Å². The van der Waals surface area contributed by atoms with Crippen LogP contribution in [0.4, 0.5) is 0 Å². The van der Waals surface area contributed by atoms with Crippen LogP contribution in [0.25, 0.3) is 0 Å². The van der Waals surface area contributed by atoms with Crippen molar-refractivity contribution in [2.45, 2.75) is 42.9 Å². The molecule has 2 rings (SSSR count). The van der Waals surface area contributed by atoms with Gasteiger partial charge in [-0.3, -0.25) is 0 Å². The van der Waals surface area contributed by atoms with E-state index < -0.39 is 10.0 Å². The molecule has 0 aromatic rings. The van der Waals surface area contributed by atoms with E-state index in [9.17, 15) is 8.42 Å². The van der Waals surface area contributed by atoms with Gasteiger partial charge < -0.3 is 5.32 Å². The van der Waals surface area contributed by atoms with Crippen LogP contribution in [0.1, 0.15) is 32.1 Å². The first kappa shape index (κ1) is 9.43. The Hall–Kier alpha value is -0.130. The second kappa shape index (κ2) is 2.93. The van der Waals surface area contributed by atoms with E-state index in [2.05, 4.69) is 5.32 Å². The monoisotopic (exact) mass is 204 g/mol. The fourth-order valence-electron chi connectivity index (χ4n) is 2.38. The highest BCUT2D eigenvalue weighted by atomic mass is 32.2. The van der Waals surface area contributed by atoms with E-state index in [1.807, 2.05) is 0 Å². The Morgan fingerprint density at radius 3 is 2.08 bits per heavy atom. The fourth-order valence-corrected chi connectivity index (χ4v) is 3.27. The van der Waals surface area contributed by atoms with Crippen LogP contribution in [-0.4, -0.2) is 25.8 Å². The number of sulfonamides is 1. The Morgan fingerprint density at radius 1 is 1.23 bits per heavy atom. The molecule has 0 amide bonds. The first-order chi connectivity index (χ1) is 6.02. The molecule has 1 spiro atoms. The summed E-state index contributed by atoms with van der Waals surface area (Å²) in [6.45, 7) is 1.08. The quantitative estimate of drug-likeness (QED) is 0.629. The average Bonchev–Trinajstić information content (AvgIpc) is 2.00. The van der Waals surface area contributed by atoms with Gasteiger partial charge in [0.15, 0.2) is 0 Å². The van der Waals surface area contributed by atoms with E-state index in [-0.39, 0.29) is 10.8 Å². The number of nitrogens with two attached hydrogens (primary N) is 1. The summed E-state index contributed by atoms with van der Waals surface area (Å²) in [5, 5.41) is 8.22. The van der Waals surface area contributed by atoms with Gasteiger partial charge in [-0.05, 0) is 38.6 Å². The largest absolute Gasteiger partial charge is 0.311 e. The fraction of sp³-hybridized carbons (Fsp3) is 1.00. The molecular formula is C8H16N2O2S. The van der Waals surface area contributed by atoms with E-state index in [1.54, 1.807) is 0 Å². The zero-order valence-corrected chi connectivity index (χ0v) is 8.44. The van der Waals surface area contributed by atoms with Gasteiger partial charge in [-0.1, -0.05) is 0 Å². The smallest absolute Gasteiger partial charge is 0.211 e. The maximum atomic E-state index is 11.1. The highest BCUT2D eigenvalue weighted by molar-refractivity contribution is 7.89. The number of hydrogen-bond acceptors (Lipinski definition) is 3. The molecular weight excluding hydrogens is 188 g/mol. The Kier molecular flexibility index (Phi) is 2.13. The van der Waals surface area contributed by atoms with Crippen LogP contribution in [0.2, 0.25) is 0 Å². The molecule has 0 bridgehead atoms. The van der Waals surface area contributed by atoms with Crippen molar-refractivity contribution >= 4 is 10.0 Å². The molecule has 0 aromatic carbocycles. The number of nitrogens with one attached hydrogen (secondary N) is 1. The molecule has 0 radical (unpaired) electrons. The molecule has 5 heteroatoms. The lowest BCUT2D eigenvalue weighted by molar-refractivity contribution is 0.145. The molecule has 1 saturated carbocycles. The average molecular weight is 204 g/mol. The third-order valence-electron chi connectivity index (χ3n) is 3.46. The Balaban J connectivity index is 1.96. The lowest BCUT2D eigenvalue weighted by Gasteiger charge is -2.47. The molecule has 13 heavy (non-hydrogen) atoms. The molecule has 1 aliphatic heterocycles. The Bertz CT molecular complexity index is 285. The Morgan fingerprint density at radius 2 is 1.77 bits per heavy atom. The van der Waals surface area contributed by atoms with Gasteiger partial charge in [0.25, 0.3) is 0 Å². The van der Waals surface area contributed by atoms with Gasteiger partial charge in [0.05, 0.1) is 5.25 Å². The first-order valence-electron chi connectivity index (χ1n) is 4.79. The van der Waals surface area contributed by atoms with Crippen LogP contribution in [0.3, 0.4) is 0 Å². The second-order valence-corrected chi connectivity index (χ2v) is 6.09. The van der Waals surface area contributed by atoms with Gasteiger partial charge in [-0.2, -0.15) is 0 Å². The minimum atomic E-state index is -3.29. The molecule has 1 aliphatic carbocycles. The summed E-state index contributed by atoms with van der Waals surface area (Å²) in [6, 6.07) is 0. The zero-order chi connectivity index (χ0) is 9.53. The predicted molar refractivity (Wildman–Crippen MR) is 50.7 cm³/mol. The maximum Gasteiger partial charge on any atom is 0.211 e. The van der Waals surface area contributed by atoms with Crippen LogP contribution in [-0.2, 0) is 10.0 Å². The third kappa shape index (κ3) is 1.73. The highest BCUT2D eigenvalue weighted by Crippen LogP contribution is 2.37. The van der Waals surface area contributed by atoms with Crippen molar-refractivity contribution < 1.29 is 8.42 Å².